The molecular formula is C20H32N4O3. The number of carbonyl (C=O) groups excluding carboxylic acids is 2. The molecule has 7 nitrogen and oxygen atoms in total. The number of hydrogen-bond acceptors (Lipinski definition) is 5. The molecule has 2 N–H and O–H groups in total. The van der Waals surface area contributed by atoms with Crippen molar-refractivity contribution in [3.63, 3.8) is 0 Å². The summed E-state index contributed by atoms with van der Waals surface area (Å²) in [5, 5.41) is 5.86. The minimum atomic E-state index is -0.0165. The van der Waals surface area contributed by atoms with Crippen LogP contribution < -0.4 is 15.4 Å². The van der Waals surface area contributed by atoms with E-state index in [1.165, 1.54) is 0 Å². The Morgan fingerprint density at radius 1 is 1.07 bits per heavy atom. The molecule has 0 aliphatic carbocycles. The molecule has 1 heterocycles. The molecule has 150 valence electrons. The van der Waals surface area contributed by atoms with E-state index >= 15 is 0 Å². The molecule has 0 radical (unpaired) electrons. The van der Waals surface area contributed by atoms with Gasteiger partial charge in [0.2, 0.25) is 11.8 Å². The van der Waals surface area contributed by atoms with Crippen LogP contribution in [-0.4, -0.2) is 74.5 Å². The number of piperazine rings is 1. The Bertz CT molecular complexity index is 601. The molecule has 0 unspecified atom stereocenters. The largest absolute Gasteiger partial charge is 0.495 e. The van der Waals surface area contributed by atoms with Gasteiger partial charge in [0.25, 0.3) is 0 Å². The van der Waals surface area contributed by atoms with Crippen molar-refractivity contribution in [2.45, 2.75) is 26.2 Å². The van der Waals surface area contributed by atoms with Crippen molar-refractivity contribution >= 4 is 17.5 Å². The third-order valence-corrected chi connectivity index (χ3v) is 4.72. The predicted octanol–water partition coefficient (Wildman–Crippen LogP) is 1.56. The number of benzene rings is 1. The fraction of sp³-hybridized carbons (Fsp3) is 0.600. The quantitative estimate of drug-likeness (QED) is 0.606. The zero-order valence-electron chi connectivity index (χ0n) is 16.5. The van der Waals surface area contributed by atoms with E-state index in [9.17, 15) is 9.59 Å². The molecule has 1 aliphatic rings. The molecule has 1 saturated heterocycles. The topological polar surface area (TPSA) is 73.9 Å². The summed E-state index contributed by atoms with van der Waals surface area (Å²) >= 11 is 0. The highest BCUT2D eigenvalue weighted by Crippen LogP contribution is 2.23. The molecule has 1 aromatic rings. The molecule has 0 atom stereocenters. The second-order valence-electron chi connectivity index (χ2n) is 6.82. The van der Waals surface area contributed by atoms with E-state index in [0.29, 0.717) is 24.4 Å². The van der Waals surface area contributed by atoms with Crippen LogP contribution in [0.25, 0.3) is 0 Å². The maximum atomic E-state index is 12.2. The number of amides is 2. The average Bonchev–Trinajstić information content (AvgIpc) is 2.68. The number of nitrogens with one attached hydrogen (secondary N) is 2. The number of hydrogen-bond donors (Lipinski definition) is 2. The highest BCUT2D eigenvalue weighted by atomic mass is 16.5. The number of anilines is 1. The molecule has 7 heteroatoms. The lowest BCUT2D eigenvalue weighted by Gasteiger charge is -2.34. The number of para-hydroxylation sites is 2. The van der Waals surface area contributed by atoms with Crippen LogP contribution in [0.2, 0.25) is 0 Å². The Morgan fingerprint density at radius 3 is 2.48 bits per heavy atom. The van der Waals surface area contributed by atoms with Gasteiger partial charge in [0.1, 0.15) is 5.75 Å². The Kier molecular flexibility index (Phi) is 9.07. The van der Waals surface area contributed by atoms with Gasteiger partial charge in [-0.15, -0.1) is 0 Å². The maximum absolute atomic E-state index is 12.2. The molecule has 0 saturated carbocycles. The van der Waals surface area contributed by atoms with E-state index in [2.05, 4.69) is 27.4 Å². The predicted molar refractivity (Wildman–Crippen MR) is 107 cm³/mol. The van der Waals surface area contributed by atoms with Gasteiger partial charge in [-0.1, -0.05) is 25.5 Å². The van der Waals surface area contributed by atoms with Gasteiger partial charge >= 0.3 is 0 Å². The monoisotopic (exact) mass is 376 g/mol. The van der Waals surface area contributed by atoms with E-state index in [1.54, 1.807) is 7.11 Å². The third-order valence-electron chi connectivity index (χ3n) is 4.72. The lowest BCUT2D eigenvalue weighted by Crippen LogP contribution is -2.49. The van der Waals surface area contributed by atoms with E-state index < -0.39 is 0 Å². The molecule has 1 aromatic carbocycles. The highest BCUT2D eigenvalue weighted by Gasteiger charge is 2.19. The summed E-state index contributed by atoms with van der Waals surface area (Å²) in [7, 11) is 1.59. The second kappa shape index (κ2) is 11.6. The van der Waals surface area contributed by atoms with Crippen molar-refractivity contribution in [3.8, 4) is 5.75 Å². The molecular weight excluding hydrogens is 344 g/mol. The summed E-state index contributed by atoms with van der Waals surface area (Å²) in [4.78, 5) is 28.5. The first-order valence-electron chi connectivity index (χ1n) is 9.76. The van der Waals surface area contributed by atoms with Gasteiger partial charge in [-0.25, -0.2) is 0 Å². The number of ether oxygens (including phenoxy) is 1. The van der Waals surface area contributed by atoms with Crippen molar-refractivity contribution in [2.24, 2.45) is 0 Å². The third kappa shape index (κ3) is 7.56. The fourth-order valence-electron chi connectivity index (χ4n) is 3.05. The van der Waals surface area contributed by atoms with Gasteiger partial charge in [0, 0.05) is 45.7 Å². The Hall–Kier alpha value is -2.12. The van der Waals surface area contributed by atoms with Crippen molar-refractivity contribution in [2.75, 3.05) is 58.2 Å². The van der Waals surface area contributed by atoms with Crippen molar-refractivity contribution < 1.29 is 14.3 Å². The zero-order chi connectivity index (χ0) is 19.5. The van der Waals surface area contributed by atoms with Crippen LogP contribution >= 0.6 is 0 Å². The number of methoxy groups -OCH3 is 1. The standard InChI is InChI=1S/C20H32N4O3/c1-3-4-10-21-20(26)16-24-14-12-23(13-15-24)11-9-19(25)22-17-7-5-6-8-18(17)27-2/h5-8H,3-4,9-16H2,1-2H3,(H,21,26)(H,22,25). The van der Waals surface area contributed by atoms with Crippen LogP contribution in [0.4, 0.5) is 5.69 Å². The zero-order valence-corrected chi connectivity index (χ0v) is 16.5. The van der Waals surface area contributed by atoms with Crippen molar-refractivity contribution in [1.29, 1.82) is 0 Å². The van der Waals surface area contributed by atoms with Crippen LogP contribution in [-0.2, 0) is 9.59 Å². The molecule has 1 aliphatic heterocycles. The first-order chi connectivity index (χ1) is 13.1. The molecule has 0 aromatic heterocycles. The fourth-order valence-corrected chi connectivity index (χ4v) is 3.05. The molecule has 0 bridgehead atoms. The lowest BCUT2D eigenvalue weighted by atomic mass is 10.2. The van der Waals surface area contributed by atoms with Crippen molar-refractivity contribution in [3.05, 3.63) is 24.3 Å². The van der Waals surface area contributed by atoms with Gasteiger partial charge < -0.3 is 20.3 Å². The van der Waals surface area contributed by atoms with Crippen LogP contribution in [0.3, 0.4) is 0 Å². The Morgan fingerprint density at radius 2 is 1.78 bits per heavy atom. The average molecular weight is 377 g/mol. The number of unbranched alkanes of at least 4 members (excludes halogenated alkanes) is 1. The van der Waals surface area contributed by atoms with Crippen LogP contribution in [0.15, 0.2) is 24.3 Å². The number of carbonyl (C=O) groups is 2. The van der Waals surface area contributed by atoms with E-state index in [-0.39, 0.29) is 11.8 Å². The van der Waals surface area contributed by atoms with Gasteiger partial charge in [0.15, 0.2) is 0 Å². The molecule has 2 amide bonds. The van der Waals surface area contributed by atoms with Crippen molar-refractivity contribution in [1.82, 2.24) is 15.1 Å². The van der Waals surface area contributed by atoms with Gasteiger partial charge in [-0.3, -0.25) is 14.5 Å². The Balaban J connectivity index is 1.64. The Labute approximate surface area is 162 Å². The SMILES string of the molecule is CCCCNC(=O)CN1CCN(CCC(=O)Nc2ccccc2OC)CC1. The van der Waals surface area contributed by atoms with Crippen LogP contribution in [0.5, 0.6) is 5.75 Å². The first kappa shape index (κ1) is 21.2. The molecule has 1 fully saturated rings. The van der Waals surface area contributed by atoms with Gasteiger partial charge in [0.05, 0.1) is 19.3 Å². The summed E-state index contributed by atoms with van der Waals surface area (Å²) in [6.45, 7) is 7.53. The second-order valence-corrected chi connectivity index (χ2v) is 6.82. The summed E-state index contributed by atoms with van der Waals surface area (Å²) in [6, 6.07) is 7.40. The van der Waals surface area contributed by atoms with Gasteiger partial charge in [-0.05, 0) is 18.6 Å². The van der Waals surface area contributed by atoms with Crippen LogP contribution in [0.1, 0.15) is 26.2 Å². The molecule has 27 heavy (non-hydrogen) atoms. The molecule has 0 spiro atoms. The van der Waals surface area contributed by atoms with Gasteiger partial charge in [-0.2, -0.15) is 0 Å². The first-order valence-corrected chi connectivity index (χ1v) is 9.76. The summed E-state index contributed by atoms with van der Waals surface area (Å²) < 4.78 is 5.25. The molecule has 2 rings (SSSR count). The number of nitrogens with zero attached hydrogens (tertiary/aromatic N) is 2. The van der Waals surface area contributed by atoms with Crippen LogP contribution in [0, 0.1) is 0 Å². The minimum absolute atomic E-state index is 0.0165. The van der Waals surface area contributed by atoms with E-state index in [0.717, 1.165) is 52.1 Å². The lowest BCUT2D eigenvalue weighted by molar-refractivity contribution is -0.122. The highest BCUT2D eigenvalue weighted by molar-refractivity contribution is 5.92. The normalized spacial score (nSPS) is 15.3. The summed E-state index contributed by atoms with van der Waals surface area (Å²) in [5.41, 5.74) is 0.698. The summed E-state index contributed by atoms with van der Waals surface area (Å²) in [5.74, 6) is 0.752. The van der Waals surface area contributed by atoms with E-state index in [4.69, 9.17) is 4.74 Å². The smallest absolute Gasteiger partial charge is 0.234 e. The number of rotatable bonds is 10. The maximum Gasteiger partial charge on any atom is 0.234 e. The summed E-state index contributed by atoms with van der Waals surface area (Å²) in [6.07, 6.45) is 2.55. The van der Waals surface area contributed by atoms with E-state index in [1.807, 2.05) is 24.3 Å². The minimum Gasteiger partial charge on any atom is -0.495 e.